The Bertz CT molecular complexity index is 671. The van der Waals surface area contributed by atoms with Crippen molar-refractivity contribution in [3.8, 4) is 11.5 Å². The third-order valence-electron chi connectivity index (χ3n) is 2.83. The SMILES string of the molecule is COc1ccc(C(=O)O)c(OCc2cccc(Cl)c2Cl)c1. The van der Waals surface area contributed by atoms with Crippen LogP contribution in [0, 0.1) is 0 Å². The fourth-order valence-electron chi connectivity index (χ4n) is 1.74. The molecule has 0 aliphatic rings. The van der Waals surface area contributed by atoms with Crippen LogP contribution < -0.4 is 9.47 Å². The van der Waals surface area contributed by atoms with E-state index in [0.717, 1.165) is 0 Å². The number of rotatable bonds is 5. The highest BCUT2D eigenvalue weighted by Gasteiger charge is 2.13. The van der Waals surface area contributed by atoms with Gasteiger partial charge in [0.2, 0.25) is 0 Å². The molecule has 6 heteroatoms. The molecule has 0 radical (unpaired) electrons. The van der Waals surface area contributed by atoms with Gasteiger partial charge >= 0.3 is 5.97 Å². The summed E-state index contributed by atoms with van der Waals surface area (Å²) in [5, 5.41) is 9.96. The average Bonchev–Trinajstić information content (AvgIpc) is 2.48. The second-order valence-electron chi connectivity index (χ2n) is 4.17. The van der Waals surface area contributed by atoms with E-state index in [2.05, 4.69) is 0 Å². The molecular formula is C15H12Cl2O4. The Labute approximate surface area is 131 Å². The zero-order valence-corrected chi connectivity index (χ0v) is 12.6. The van der Waals surface area contributed by atoms with Crippen LogP contribution in [0.5, 0.6) is 11.5 Å². The summed E-state index contributed by atoms with van der Waals surface area (Å²) in [6.07, 6.45) is 0. The Morgan fingerprint density at radius 1 is 1.24 bits per heavy atom. The molecular weight excluding hydrogens is 315 g/mol. The number of ether oxygens (including phenoxy) is 2. The van der Waals surface area contributed by atoms with Gasteiger partial charge in [-0.25, -0.2) is 4.79 Å². The normalized spacial score (nSPS) is 10.2. The molecule has 0 atom stereocenters. The number of methoxy groups -OCH3 is 1. The minimum absolute atomic E-state index is 0.0500. The molecule has 4 nitrogen and oxygen atoms in total. The monoisotopic (exact) mass is 326 g/mol. The summed E-state index contributed by atoms with van der Waals surface area (Å²) < 4.78 is 10.6. The number of benzene rings is 2. The van der Waals surface area contributed by atoms with E-state index in [9.17, 15) is 4.79 Å². The molecule has 0 aliphatic heterocycles. The van der Waals surface area contributed by atoms with Crippen molar-refractivity contribution in [3.63, 3.8) is 0 Å². The Morgan fingerprint density at radius 3 is 2.67 bits per heavy atom. The molecule has 0 aliphatic carbocycles. The Hall–Kier alpha value is -1.91. The maximum Gasteiger partial charge on any atom is 0.339 e. The molecule has 0 spiro atoms. The van der Waals surface area contributed by atoms with Gasteiger partial charge in [-0.05, 0) is 18.2 Å². The van der Waals surface area contributed by atoms with Gasteiger partial charge in [0.1, 0.15) is 23.7 Å². The number of halogens is 2. The highest BCUT2D eigenvalue weighted by Crippen LogP contribution is 2.29. The third-order valence-corrected chi connectivity index (χ3v) is 3.69. The molecule has 0 saturated carbocycles. The molecule has 21 heavy (non-hydrogen) atoms. The summed E-state index contributed by atoms with van der Waals surface area (Å²) in [6.45, 7) is 0.104. The molecule has 0 aromatic heterocycles. The van der Waals surface area contributed by atoms with Crippen molar-refractivity contribution in [1.29, 1.82) is 0 Å². The van der Waals surface area contributed by atoms with E-state index in [1.807, 2.05) is 0 Å². The van der Waals surface area contributed by atoms with Gasteiger partial charge in [0.25, 0.3) is 0 Å². The van der Waals surface area contributed by atoms with E-state index in [1.54, 1.807) is 24.3 Å². The first-order chi connectivity index (χ1) is 10.0. The van der Waals surface area contributed by atoms with Crippen LogP contribution >= 0.6 is 23.2 Å². The predicted octanol–water partition coefficient (Wildman–Crippen LogP) is 4.28. The molecule has 110 valence electrons. The lowest BCUT2D eigenvalue weighted by molar-refractivity contribution is 0.0691. The van der Waals surface area contributed by atoms with Crippen molar-refractivity contribution >= 4 is 29.2 Å². The Balaban J connectivity index is 2.26. The molecule has 0 heterocycles. The largest absolute Gasteiger partial charge is 0.497 e. The van der Waals surface area contributed by atoms with Crippen molar-refractivity contribution in [2.24, 2.45) is 0 Å². The van der Waals surface area contributed by atoms with E-state index >= 15 is 0 Å². The topological polar surface area (TPSA) is 55.8 Å². The molecule has 1 N–H and O–H groups in total. The number of hydrogen-bond donors (Lipinski definition) is 1. The second-order valence-corrected chi connectivity index (χ2v) is 4.95. The molecule has 0 saturated heterocycles. The molecule has 0 unspecified atom stereocenters. The first-order valence-corrected chi connectivity index (χ1v) is 6.75. The summed E-state index contributed by atoms with van der Waals surface area (Å²) in [4.78, 5) is 11.2. The standard InChI is InChI=1S/C15H12Cl2O4/c1-20-10-5-6-11(15(18)19)13(7-10)21-8-9-3-2-4-12(16)14(9)17/h2-7H,8H2,1H3,(H,18,19). The molecule has 0 fully saturated rings. The van der Waals surface area contributed by atoms with E-state index in [-0.39, 0.29) is 17.9 Å². The number of carboxylic acid groups (broad SMARTS) is 1. The fraction of sp³-hybridized carbons (Fsp3) is 0.133. The van der Waals surface area contributed by atoms with E-state index in [0.29, 0.717) is 21.4 Å². The summed E-state index contributed by atoms with van der Waals surface area (Å²) >= 11 is 12.0. The summed E-state index contributed by atoms with van der Waals surface area (Å²) in [5.74, 6) is -0.366. The predicted molar refractivity (Wildman–Crippen MR) is 80.7 cm³/mol. The molecule has 2 aromatic rings. The maximum absolute atomic E-state index is 11.2. The maximum atomic E-state index is 11.2. The minimum Gasteiger partial charge on any atom is -0.497 e. The molecule has 0 bridgehead atoms. The van der Waals surface area contributed by atoms with Crippen molar-refractivity contribution < 1.29 is 19.4 Å². The van der Waals surface area contributed by atoms with Gasteiger partial charge in [-0.2, -0.15) is 0 Å². The number of carboxylic acids is 1. The van der Waals surface area contributed by atoms with Crippen molar-refractivity contribution in [1.82, 2.24) is 0 Å². The van der Waals surface area contributed by atoms with Crippen LogP contribution in [-0.4, -0.2) is 18.2 Å². The van der Waals surface area contributed by atoms with Crippen molar-refractivity contribution in [2.75, 3.05) is 7.11 Å². The lowest BCUT2D eigenvalue weighted by Crippen LogP contribution is -2.04. The quantitative estimate of drug-likeness (QED) is 0.890. The third kappa shape index (κ3) is 3.60. The summed E-state index contributed by atoms with van der Waals surface area (Å²) in [5.41, 5.74) is 0.720. The zero-order valence-electron chi connectivity index (χ0n) is 11.1. The van der Waals surface area contributed by atoms with Crippen LogP contribution in [0.3, 0.4) is 0 Å². The number of carbonyl (C=O) groups is 1. The van der Waals surface area contributed by atoms with E-state index in [4.69, 9.17) is 37.8 Å². The van der Waals surface area contributed by atoms with E-state index < -0.39 is 5.97 Å². The van der Waals surface area contributed by atoms with Crippen LogP contribution in [0.1, 0.15) is 15.9 Å². The minimum atomic E-state index is -1.08. The Kier molecular flexibility index (Phi) is 4.94. The zero-order chi connectivity index (χ0) is 15.4. The van der Waals surface area contributed by atoms with Gasteiger partial charge in [-0.15, -0.1) is 0 Å². The Morgan fingerprint density at radius 2 is 2.00 bits per heavy atom. The summed E-state index contributed by atoms with van der Waals surface area (Å²) in [6, 6.07) is 9.67. The summed E-state index contributed by atoms with van der Waals surface area (Å²) in [7, 11) is 1.49. The number of aromatic carboxylic acids is 1. The van der Waals surface area contributed by atoms with Crippen molar-refractivity contribution in [2.45, 2.75) is 6.61 Å². The first-order valence-electron chi connectivity index (χ1n) is 6.00. The molecule has 2 rings (SSSR count). The van der Waals surface area contributed by atoms with Crippen LogP contribution in [0.15, 0.2) is 36.4 Å². The highest BCUT2D eigenvalue weighted by molar-refractivity contribution is 6.42. The lowest BCUT2D eigenvalue weighted by atomic mass is 10.2. The highest BCUT2D eigenvalue weighted by atomic mass is 35.5. The fourth-order valence-corrected chi connectivity index (χ4v) is 2.12. The molecule has 0 amide bonds. The smallest absolute Gasteiger partial charge is 0.339 e. The van der Waals surface area contributed by atoms with Gasteiger partial charge in [0, 0.05) is 11.6 Å². The van der Waals surface area contributed by atoms with Gasteiger partial charge in [-0.3, -0.25) is 0 Å². The van der Waals surface area contributed by atoms with Crippen LogP contribution in [0.2, 0.25) is 10.0 Å². The number of hydrogen-bond acceptors (Lipinski definition) is 3. The van der Waals surface area contributed by atoms with Crippen LogP contribution in [-0.2, 0) is 6.61 Å². The van der Waals surface area contributed by atoms with Gasteiger partial charge < -0.3 is 14.6 Å². The van der Waals surface area contributed by atoms with Crippen molar-refractivity contribution in [3.05, 3.63) is 57.6 Å². The first kappa shape index (κ1) is 15.5. The van der Waals surface area contributed by atoms with E-state index in [1.165, 1.54) is 19.2 Å². The van der Waals surface area contributed by atoms with Crippen LogP contribution in [0.25, 0.3) is 0 Å². The van der Waals surface area contributed by atoms with Gasteiger partial charge in [-0.1, -0.05) is 35.3 Å². The average molecular weight is 327 g/mol. The molecule has 2 aromatic carbocycles. The van der Waals surface area contributed by atoms with Crippen LogP contribution in [0.4, 0.5) is 0 Å². The lowest BCUT2D eigenvalue weighted by Gasteiger charge is -2.12. The van der Waals surface area contributed by atoms with Gasteiger partial charge in [0.05, 0.1) is 17.2 Å². The van der Waals surface area contributed by atoms with Gasteiger partial charge in [0.15, 0.2) is 0 Å². The second kappa shape index (κ2) is 6.70.